The van der Waals surface area contributed by atoms with Gasteiger partial charge in [0.25, 0.3) is 0 Å². The first-order valence-electron chi connectivity index (χ1n) is 9.15. The first-order chi connectivity index (χ1) is 13.7. The molecule has 2 aromatic carbocycles. The molecule has 0 bridgehead atoms. The van der Waals surface area contributed by atoms with Crippen LogP contribution in [0.3, 0.4) is 0 Å². The van der Waals surface area contributed by atoms with Gasteiger partial charge in [-0.2, -0.15) is 0 Å². The van der Waals surface area contributed by atoms with Gasteiger partial charge >= 0.3 is 0 Å². The number of rotatable bonds is 9. The molecule has 156 valence electrons. The highest BCUT2D eigenvalue weighted by Crippen LogP contribution is 2.17. The average Bonchev–Trinajstić information content (AvgIpc) is 2.68. The Labute approximate surface area is 175 Å². The summed E-state index contributed by atoms with van der Waals surface area (Å²) in [5, 5.41) is 5.90. The summed E-state index contributed by atoms with van der Waals surface area (Å²) in [4.78, 5) is 23.6. The van der Waals surface area contributed by atoms with Crippen molar-refractivity contribution in [3.05, 3.63) is 59.1 Å². The lowest BCUT2D eigenvalue weighted by atomic mass is 10.1. The molecule has 0 heterocycles. The standard InChI is InChI=1S/C20H24ClN3O4S/c1-3-19(25)24-17-9-7-15(8-10-17)14(2)23-20(26)11-12-22-29(27,28)18-6-4-5-16(21)13-18/h4-10,13-14,22H,3,11-12H2,1-2H3,(H,23,26)(H,24,25). The molecule has 2 aromatic rings. The number of carbonyl (C=O) groups is 2. The fraction of sp³-hybridized carbons (Fsp3) is 0.300. The summed E-state index contributed by atoms with van der Waals surface area (Å²) >= 11 is 5.82. The smallest absolute Gasteiger partial charge is 0.240 e. The highest BCUT2D eigenvalue weighted by molar-refractivity contribution is 7.89. The van der Waals surface area contributed by atoms with Gasteiger partial charge in [0.1, 0.15) is 0 Å². The molecule has 0 aromatic heterocycles. The first kappa shape index (κ1) is 22.9. The molecule has 29 heavy (non-hydrogen) atoms. The van der Waals surface area contributed by atoms with E-state index in [2.05, 4.69) is 15.4 Å². The van der Waals surface area contributed by atoms with Gasteiger partial charge in [-0.25, -0.2) is 13.1 Å². The maximum absolute atomic E-state index is 12.2. The summed E-state index contributed by atoms with van der Waals surface area (Å²) in [5.41, 5.74) is 1.56. The van der Waals surface area contributed by atoms with Crippen LogP contribution in [0.1, 0.15) is 38.3 Å². The lowest BCUT2D eigenvalue weighted by Gasteiger charge is -2.15. The Morgan fingerprint density at radius 1 is 1.07 bits per heavy atom. The lowest BCUT2D eigenvalue weighted by molar-refractivity contribution is -0.121. The summed E-state index contributed by atoms with van der Waals surface area (Å²) in [6, 6.07) is 12.8. The van der Waals surface area contributed by atoms with Crippen molar-refractivity contribution in [2.24, 2.45) is 0 Å². The molecule has 7 nitrogen and oxygen atoms in total. The Morgan fingerprint density at radius 2 is 1.76 bits per heavy atom. The van der Waals surface area contributed by atoms with E-state index in [0.717, 1.165) is 5.56 Å². The van der Waals surface area contributed by atoms with Crippen LogP contribution in [0.15, 0.2) is 53.4 Å². The average molecular weight is 438 g/mol. The maximum atomic E-state index is 12.2. The van der Waals surface area contributed by atoms with Crippen molar-refractivity contribution in [3.63, 3.8) is 0 Å². The normalized spacial score (nSPS) is 12.2. The molecule has 2 amide bonds. The quantitative estimate of drug-likeness (QED) is 0.560. The van der Waals surface area contributed by atoms with Gasteiger partial charge in [0.15, 0.2) is 0 Å². The number of nitrogens with one attached hydrogen (secondary N) is 3. The monoisotopic (exact) mass is 437 g/mol. The molecule has 0 radical (unpaired) electrons. The second-order valence-corrected chi connectivity index (χ2v) is 8.62. The molecule has 0 aliphatic heterocycles. The number of hydrogen-bond acceptors (Lipinski definition) is 4. The molecule has 0 saturated heterocycles. The number of carbonyl (C=O) groups excluding carboxylic acids is 2. The molecule has 9 heteroatoms. The van der Waals surface area contributed by atoms with Crippen LogP contribution in [0.2, 0.25) is 5.02 Å². The van der Waals surface area contributed by atoms with Crippen LogP contribution >= 0.6 is 11.6 Å². The molecule has 2 rings (SSSR count). The highest BCUT2D eigenvalue weighted by Gasteiger charge is 2.15. The molecule has 1 atom stereocenters. The van der Waals surface area contributed by atoms with Crippen LogP contribution in [0.25, 0.3) is 0 Å². The molecule has 0 aliphatic rings. The first-order valence-corrected chi connectivity index (χ1v) is 11.0. The van der Waals surface area contributed by atoms with Gasteiger partial charge in [0, 0.05) is 30.1 Å². The van der Waals surface area contributed by atoms with Crippen LogP contribution in [-0.4, -0.2) is 26.8 Å². The molecular formula is C20H24ClN3O4S. The van der Waals surface area contributed by atoms with Gasteiger partial charge < -0.3 is 10.6 Å². The third-order valence-electron chi connectivity index (χ3n) is 4.14. The zero-order chi connectivity index (χ0) is 21.4. The van der Waals surface area contributed by atoms with Crippen LogP contribution in [-0.2, 0) is 19.6 Å². The Bertz CT molecular complexity index is 962. The van der Waals surface area contributed by atoms with Crippen molar-refractivity contribution in [1.82, 2.24) is 10.0 Å². The second-order valence-electron chi connectivity index (χ2n) is 6.42. The van der Waals surface area contributed by atoms with Crippen molar-refractivity contribution >= 4 is 39.1 Å². The molecule has 0 fully saturated rings. The number of anilines is 1. The van der Waals surface area contributed by atoms with E-state index in [9.17, 15) is 18.0 Å². The lowest BCUT2D eigenvalue weighted by Crippen LogP contribution is -2.32. The summed E-state index contributed by atoms with van der Waals surface area (Å²) in [6.07, 6.45) is 0.393. The number of amides is 2. The van der Waals surface area contributed by atoms with E-state index in [1.54, 1.807) is 31.2 Å². The van der Waals surface area contributed by atoms with Crippen molar-refractivity contribution in [2.45, 2.75) is 37.6 Å². The summed E-state index contributed by atoms with van der Waals surface area (Å²) in [7, 11) is -3.73. The topological polar surface area (TPSA) is 104 Å². The zero-order valence-corrected chi connectivity index (χ0v) is 17.8. The zero-order valence-electron chi connectivity index (χ0n) is 16.2. The van der Waals surface area contributed by atoms with E-state index in [0.29, 0.717) is 17.1 Å². The van der Waals surface area contributed by atoms with Gasteiger partial charge in [0.05, 0.1) is 10.9 Å². The van der Waals surface area contributed by atoms with Crippen molar-refractivity contribution in [2.75, 3.05) is 11.9 Å². The van der Waals surface area contributed by atoms with Gasteiger partial charge in [0.2, 0.25) is 21.8 Å². The molecular weight excluding hydrogens is 414 g/mol. The Hall–Kier alpha value is -2.42. The van der Waals surface area contributed by atoms with Crippen LogP contribution in [0.5, 0.6) is 0 Å². The number of halogens is 1. The van der Waals surface area contributed by atoms with Crippen molar-refractivity contribution in [3.8, 4) is 0 Å². The fourth-order valence-corrected chi connectivity index (χ4v) is 3.85. The summed E-state index contributed by atoms with van der Waals surface area (Å²) in [6.45, 7) is 3.57. The number of sulfonamides is 1. The highest BCUT2D eigenvalue weighted by atomic mass is 35.5. The van der Waals surface area contributed by atoms with Gasteiger partial charge in [-0.05, 0) is 42.8 Å². The van der Waals surface area contributed by atoms with Crippen LogP contribution < -0.4 is 15.4 Å². The minimum absolute atomic E-state index is 0.00518. The van der Waals surface area contributed by atoms with E-state index >= 15 is 0 Å². The van der Waals surface area contributed by atoms with Gasteiger partial charge in [-0.3, -0.25) is 9.59 Å². The predicted octanol–water partition coefficient (Wildman–Crippen LogP) is 3.23. The van der Waals surface area contributed by atoms with Crippen LogP contribution in [0.4, 0.5) is 5.69 Å². The molecule has 1 unspecified atom stereocenters. The largest absolute Gasteiger partial charge is 0.350 e. The molecule has 0 saturated carbocycles. The van der Waals surface area contributed by atoms with Crippen molar-refractivity contribution < 1.29 is 18.0 Å². The minimum atomic E-state index is -3.73. The summed E-state index contributed by atoms with van der Waals surface area (Å²) in [5.74, 6) is -0.353. The van der Waals surface area contributed by atoms with E-state index in [1.165, 1.54) is 12.1 Å². The molecule has 0 spiro atoms. The number of hydrogen-bond donors (Lipinski definition) is 3. The fourth-order valence-electron chi connectivity index (χ4n) is 2.52. The van der Waals surface area contributed by atoms with Crippen molar-refractivity contribution in [1.29, 1.82) is 0 Å². The van der Waals surface area contributed by atoms with E-state index in [-0.39, 0.29) is 35.7 Å². The van der Waals surface area contributed by atoms with E-state index < -0.39 is 10.0 Å². The second kappa shape index (κ2) is 10.4. The molecule has 0 aliphatic carbocycles. The van der Waals surface area contributed by atoms with E-state index in [4.69, 9.17) is 11.6 Å². The predicted molar refractivity (Wildman–Crippen MR) is 113 cm³/mol. The summed E-state index contributed by atoms with van der Waals surface area (Å²) < 4.78 is 26.8. The SMILES string of the molecule is CCC(=O)Nc1ccc(C(C)NC(=O)CCNS(=O)(=O)c2cccc(Cl)c2)cc1. The van der Waals surface area contributed by atoms with Crippen LogP contribution in [0, 0.1) is 0 Å². The third kappa shape index (κ3) is 7.16. The maximum Gasteiger partial charge on any atom is 0.240 e. The van der Waals surface area contributed by atoms with Gasteiger partial charge in [-0.1, -0.05) is 36.7 Å². The minimum Gasteiger partial charge on any atom is -0.350 e. The molecule has 3 N–H and O–H groups in total. The van der Waals surface area contributed by atoms with Gasteiger partial charge in [-0.15, -0.1) is 0 Å². The third-order valence-corrected chi connectivity index (χ3v) is 5.84. The Morgan fingerprint density at radius 3 is 2.38 bits per heavy atom. The Kier molecular flexibility index (Phi) is 8.19. The number of benzene rings is 2. The Balaban J connectivity index is 1.83. The van der Waals surface area contributed by atoms with E-state index in [1.807, 2.05) is 19.1 Å².